The zero-order valence-corrected chi connectivity index (χ0v) is 17.8. The molecule has 1 N–H and O–H groups in total. The Bertz CT molecular complexity index is 1090. The van der Waals surface area contributed by atoms with Gasteiger partial charge in [0.05, 0.1) is 16.9 Å². The van der Waals surface area contributed by atoms with Gasteiger partial charge >= 0.3 is 6.18 Å². The molecule has 1 heterocycles. The molecule has 0 aliphatic carbocycles. The fourth-order valence-corrected chi connectivity index (χ4v) is 4.07. The summed E-state index contributed by atoms with van der Waals surface area (Å²) in [6.07, 6.45) is -4.64. The Morgan fingerprint density at radius 1 is 1.06 bits per heavy atom. The fourth-order valence-electron chi connectivity index (χ4n) is 3.31. The van der Waals surface area contributed by atoms with Crippen LogP contribution >= 0.6 is 0 Å². The van der Waals surface area contributed by atoms with E-state index in [9.17, 15) is 26.3 Å². The third-order valence-electron chi connectivity index (χ3n) is 5.02. The van der Waals surface area contributed by atoms with Crippen molar-refractivity contribution in [2.75, 3.05) is 6.54 Å². The van der Waals surface area contributed by atoms with E-state index in [2.05, 4.69) is 5.10 Å². The molecule has 0 fully saturated rings. The summed E-state index contributed by atoms with van der Waals surface area (Å²) in [5.74, 6) is -0.356. The first-order valence-electron chi connectivity index (χ1n) is 9.25. The normalized spacial score (nSPS) is 13.6. The maximum Gasteiger partial charge on any atom is 0.402 e. The van der Waals surface area contributed by atoms with Crippen LogP contribution in [0, 0.1) is 5.82 Å². The first-order chi connectivity index (χ1) is 14.4. The Balaban J connectivity index is 1.99. The topological polar surface area (TPSA) is 58.4 Å². The van der Waals surface area contributed by atoms with Crippen molar-refractivity contribution in [3.05, 3.63) is 66.0 Å². The van der Waals surface area contributed by atoms with E-state index < -0.39 is 29.5 Å². The number of halogens is 4. The van der Waals surface area contributed by atoms with Gasteiger partial charge in [0.25, 0.3) is 0 Å². The second kappa shape index (κ2) is 8.52. The van der Waals surface area contributed by atoms with Crippen molar-refractivity contribution in [2.24, 2.45) is 7.05 Å². The lowest BCUT2D eigenvalue weighted by Crippen LogP contribution is -2.47. The van der Waals surface area contributed by atoms with Crippen molar-refractivity contribution in [2.45, 2.75) is 25.6 Å². The molecule has 0 radical (unpaired) electrons. The lowest BCUT2D eigenvalue weighted by atomic mass is 9.92. The zero-order chi connectivity index (χ0) is 23.0. The number of hydrogen-bond donors (Lipinski definition) is 1. The van der Waals surface area contributed by atoms with E-state index in [4.69, 9.17) is 0 Å². The minimum atomic E-state index is -4.64. The number of alkyl halides is 3. The van der Waals surface area contributed by atoms with Crippen molar-refractivity contribution in [3.63, 3.8) is 0 Å². The van der Waals surface area contributed by atoms with Gasteiger partial charge in [0.1, 0.15) is 12.4 Å². The quantitative estimate of drug-likeness (QED) is 0.414. The van der Waals surface area contributed by atoms with Gasteiger partial charge in [-0.25, -0.2) is 8.60 Å². The van der Waals surface area contributed by atoms with Crippen LogP contribution in [0.5, 0.6) is 0 Å². The van der Waals surface area contributed by atoms with E-state index >= 15 is 0 Å². The van der Waals surface area contributed by atoms with E-state index in [1.165, 1.54) is 26.0 Å². The molecule has 1 aromatic heterocycles. The molecule has 5 nitrogen and oxygen atoms in total. The standard InChI is InChI=1S/C21H21F4N3O2S/c1-20(2,28(31(29)30)13-21(23,24)25)16-6-4-5-15(11-16)18-12-19(27(3)26-18)14-7-9-17(22)10-8-14/h4-12H,13H2,1-3H3,(H,29,30). The SMILES string of the molecule is Cn1nc(-c2cccc(C(C)(C)N(CC(F)(F)F)S(=O)O)c2)cc1-c1ccc(F)cc1. The van der Waals surface area contributed by atoms with Gasteiger partial charge in [-0.2, -0.15) is 22.6 Å². The van der Waals surface area contributed by atoms with Gasteiger partial charge in [-0.1, -0.05) is 18.2 Å². The molecule has 3 rings (SSSR count). The van der Waals surface area contributed by atoms with Crippen molar-refractivity contribution in [1.82, 2.24) is 14.1 Å². The summed E-state index contributed by atoms with van der Waals surface area (Å²) in [4.78, 5) is 0. The molecule has 0 aliphatic rings. The van der Waals surface area contributed by atoms with Gasteiger partial charge in [0.15, 0.2) is 0 Å². The molecule has 0 saturated heterocycles. The van der Waals surface area contributed by atoms with Crippen LogP contribution in [-0.2, 0) is 23.9 Å². The second-order valence-corrected chi connectivity index (χ2v) is 8.47. The summed E-state index contributed by atoms with van der Waals surface area (Å²) in [6, 6.07) is 14.4. The van der Waals surface area contributed by atoms with Crippen molar-refractivity contribution in [3.8, 4) is 22.5 Å². The molecule has 0 aliphatic heterocycles. The first-order valence-corrected chi connectivity index (χ1v) is 10.3. The molecule has 2 aromatic carbocycles. The van der Waals surface area contributed by atoms with E-state index in [1.807, 2.05) is 0 Å². The van der Waals surface area contributed by atoms with Gasteiger partial charge in [0, 0.05) is 12.6 Å². The van der Waals surface area contributed by atoms with Gasteiger partial charge in [0.2, 0.25) is 11.3 Å². The number of hydrogen-bond acceptors (Lipinski definition) is 2. The van der Waals surface area contributed by atoms with Crippen LogP contribution in [0.4, 0.5) is 17.6 Å². The van der Waals surface area contributed by atoms with Crippen molar-refractivity contribution < 1.29 is 26.3 Å². The van der Waals surface area contributed by atoms with Crippen LogP contribution in [0.1, 0.15) is 19.4 Å². The summed E-state index contributed by atoms with van der Waals surface area (Å²) < 4.78 is 75.4. The molecule has 0 bridgehead atoms. The minimum Gasteiger partial charge on any atom is -0.294 e. The first kappa shape index (κ1) is 23.1. The summed E-state index contributed by atoms with van der Waals surface area (Å²) in [7, 11) is 1.73. The molecule has 0 spiro atoms. The average molecular weight is 455 g/mol. The third kappa shape index (κ3) is 5.20. The minimum absolute atomic E-state index is 0.356. The number of aromatic nitrogens is 2. The monoisotopic (exact) mass is 455 g/mol. The third-order valence-corrected chi connectivity index (χ3v) is 5.98. The summed E-state index contributed by atoms with van der Waals surface area (Å²) >= 11 is -2.83. The summed E-state index contributed by atoms with van der Waals surface area (Å²) in [6.45, 7) is 1.37. The molecule has 3 aromatic rings. The Morgan fingerprint density at radius 3 is 2.29 bits per heavy atom. The Morgan fingerprint density at radius 2 is 1.71 bits per heavy atom. The highest BCUT2D eigenvalue weighted by atomic mass is 32.2. The maximum atomic E-state index is 13.2. The summed E-state index contributed by atoms with van der Waals surface area (Å²) in [5, 5.41) is 4.46. The van der Waals surface area contributed by atoms with Crippen LogP contribution in [0.25, 0.3) is 22.5 Å². The molecule has 31 heavy (non-hydrogen) atoms. The molecule has 0 amide bonds. The van der Waals surface area contributed by atoms with Crippen LogP contribution in [0.2, 0.25) is 0 Å². The predicted octanol–water partition coefficient (Wildman–Crippen LogP) is 5.13. The Kier molecular flexibility index (Phi) is 6.35. The zero-order valence-electron chi connectivity index (χ0n) is 17.0. The highest BCUT2D eigenvalue weighted by Gasteiger charge is 2.41. The number of nitrogens with zero attached hydrogens (tertiary/aromatic N) is 3. The maximum absolute atomic E-state index is 13.2. The molecule has 10 heteroatoms. The highest BCUT2D eigenvalue weighted by molar-refractivity contribution is 7.76. The molecule has 0 saturated carbocycles. The van der Waals surface area contributed by atoms with Gasteiger partial charge in [-0.3, -0.25) is 9.23 Å². The van der Waals surface area contributed by atoms with Crippen molar-refractivity contribution in [1.29, 1.82) is 0 Å². The molecular weight excluding hydrogens is 434 g/mol. The van der Waals surface area contributed by atoms with E-state index in [0.29, 0.717) is 21.1 Å². The van der Waals surface area contributed by atoms with Gasteiger partial charge in [-0.05, 0) is 61.4 Å². The molecule has 166 valence electrons. The van der Waals surface area contributed by atoms with E-state index in [-0.39, 0.29) is 5.82 Å². The van der Waals surface area contributed by atoms with Crippen LogP contribution in [-0.4, -0.2) is 35.6 Å². The lowest BCUT2D eigenvalue weighted by molar-refractivity contribution is -0.144. The van der Waals surface area contributed by atoms with E-state index in [1.54, 1.807) is 54.2 Å². The Labute approximate surface area is 179 Å². The lowest BCUT2D eigenvalue weighted by Gasteiger charge is -2.36. The van der Waals surface area contributed by atoms with Gasteiger partial charge < -0.3 is 0 Å². The van der Waals surface area contributed by atoms with Crippen LogP contribution < -0.4 is 0 Å². The molecular formula is C21H21F4N3O2S. The fraction of sp³-hybridized carbons (Fsp3) is 0.286. The second-order valence-electron chi connectivity index (χ2n) is 7.57. The van der Waals surface area contributed by atoms with Crippen molar-refractivity contribution >= 4 is 11.3 Å². The number of rotatable bonds is 6. The highest BCUT2D eigenvalue weighted by Crippen LogP contribution is 2.34. The smallest absolute Gasteiger partial charge is 0.294 e. The van der Waals surface area contributed by atoms with Crippen LogP contribution in [0.3, 0.4) is 0 Å². The summed E-state index contributed by atoms with van der Waals surface area (Å²) in [5.41, 5.74) is 1.71. The molecule has 1 unspecified atom stereocenters. The van der Waals surface area contributed by atoms with Crippen LogP contribution in [0.15, 0.2) is 54.6 Å². The number of benzene rings is 2. The Hall–Kier alpha value is -2.56. The average Bonchev–Trinajstić information content (AvgIpc) is 3.07. The number of aryl methyl sites for hydroxylation is 1. The van der Waals surface area contributed by atoms with E-state index in [0.717, 1.165) is 11.3 Å². The molecule has 1 atom stereocenters. The van der Waals surface area contributed by atoms with Gasteiger partial charge in [-0.15, -0.1) is 0 Å². The largest absolute Gasteiger partial charge is 0.402 e. The predicted molar refractivity (Wildman–Crippen MR) is 111 cm³/mol.